The predicted molar refractivity (Wildman–Crippen MR) is 84.4 cm³/mol. The van der Waals surface area contributed by atoms with Gasteiger partial charge in [-0.15, -0.1) is 0 Å². The number of nitrogens with zero attached hydrogens (tertiary/aromatic N) is 3. The number of amides is 1. The summed E-state index contributed by atoms with van der Waals surface area (Å²) >= 11 is 0. The van der Waals surface area contributed by atoms with Gasteiger partial charge in [-0.25, -0.2) is 0 Å². The van der Waals surface area contributed by atoms with Crippen molar-refractivity contribution in [3.63, 3.8) is 0 Å². The summed E-state index contributed by atoms with van der Waals surface area (Å²) in [6, 6.07) is 0. The lowest BCUT2D eigenvalue weighted by molar-refractivity contribution is -0.148. The van der Waals surface area contributed by atoms with E-state index in [-0.39, 0.29) is 5.41 Å². The molecule has 2 heterocycles. The molecule has 22 heavy (non-hydrogen) atoms. The summed E-state index contributed by atoms with van der Waals surface area (Å²) in [7, 11) is 3.67. The first-order valence-electron chi connectivity index (χ1n) is 8.39. The Labute approximate surface area is 132 Å². The van der Waals surface area contributed by atoms with Gasteiger partial charge in [0, 0.05) is 40.1 Å². The molecule has 122 valence electrons. The summed E-state index contributed by atoms with van der Waals surface area (Å²) in [6.07, 6.45) is 10.3. The Bertz CT molecular complexity index is 522. The van der Waals surface area contributed by atoms with Crippen LogP contribution in [0.2, 0.25) is 0 Å². The molecule has 1 aromatic heterocycles. The van der Waals surface area contributed by atoms with E-state index in [1.165, 1.54) is 12.0 Å². The smallest absolute Gasteiger partial charge is 0.228 e. The molecular formula is C17H27N3O2. The van der Waals surface area contributed by atoms with Gasteiger partial charge in [-0.3, -0.25) is 9.48 Å². The number of hydrogen-bond donors (Lipinski definition) is 0. The van der Waals surface area contributed by atoms with Crippen molar-refractivity contribution in [2.24, 2.45) is 18.4 Å². The second-order valence-corrected chi connectivity index (χ2v) is 7.01. The molecule has 1 aromatic rings. The van der Waals surface area contributed by atoms with E-state index >= 15 is 0 Å². The molecule has 5 heteroatoms. The standard InChI is InChI=1S/C17H27N3O2/c1-19-12-15(11-18-19)10-14-4-8-20(13-14)16(21)17(5-3-6-17)7-9-22-2/h11-12,14H,3-10,13H2,1-2H3/t14-/m0/s1. The fourth-order valence-electron chi connectivity index (χ4n) is 3.90. The fraction of sp³-hybridized carbons (Fsp3) is 0.765. The van der Waals surface area contributed by atoms with Crippen molar-refractivity contribution in [2.75, 3.05) is 26.8 Å². The quantitative estimate of drug-likeness (QED) is 0.808. The van der Waals surface area contributed by atoms with Crippen LogP contribution in [0.4, 0.5) is 0 Å². The van der Waals surface area contributed by atoms with E-state index in [2.05, 4.69) is 16.2 Å². The number of likely N-dealkylation sites (tertiary alicyclic amines) is 1. The summed E-state index contributed by atoms with van der Waals surface area (Å²) in [5.41, 5.74) is 1.17. The van der Waals surface area contributed by atoms with Crippen LogP contribution in [0.1, 0.15) is 37.7 Å². The minimum atomic E-state index is -0.112. The Kier molecular flexibility index (Phi) is 4.52. The number of carbonyl (C=O) groups is 1. The average molecular weight is 305 g/mol. The topological polar surface area (TPSA) is 47.4 Å². The third-order valence-corrected chi connectivity index (χ3v) is 5.40. The second-order valence-electron chi connectivity index (χ2n) is 7.01. The Morgan fingerprint density at radius 1 is 1.50 bits per heavy atom. The SMILES string of the molecule is COCCC1(C(=O)N2CC[C@@H](Cc3cnn(C)c3)C2)CCC1. The molecule has 0 N–H and O–H groups in total. The van der Waals surface area contributed by atoms with Crippen molar-refractivity contribution in [2.45, 2.75) is 38.5 Å². The highest BCUT2D eigenvalue weighted by atomic mass is 16.5. The van der Waals surface area contributed by atoms with Crippen LogP contribution >= 0.6 is 0 Å². The molecule has 1 atom stereocenters. The summed E-state index contributed by atoms with van der Waals surface area (Å²) in [4.78, 5) is 15.0. The average Bonchev–Trinajstić information content (AvgIpc) is 3.07. The van der Waals surface area contributed by atoms with Gasteiger partial charge < -0.3 is 9.64 Å². The first kappa shape index (κ1) is 15.5. The molecule has 3 rings (SSSR count). The van der Waals surface area contributed by atoms with Crippen LogP contribution in [-0.4, -0.2) is 47.4 Å². The zero-order valence-corrected chi connectivity index (χ0v) is 13.8. The number of methoxy groups -OCH3 is 1. The van der Waals surface area contributed by atoms with Crippen LogP contribution in [0.15, 0.2) is 12.4 Å². The molecule has 0 bridgehead atoms. The largest absolute Gasteiger partial charge is 0.385 e. The van der Waals surface area contributed by atoms with Gasteiger partial charge in [0.25, 0.3) is 0 Å². The third kappa shape index (κ3) is 3.05. The summed E-state index contributed by atoms with van der Waals surface area (Å²) in [5.74, 6) is 0.956. The van der Waals surface area contributed by atoms with E-state index in [0.717, 1.165) is 45.2 Å². The van der Waals surface area contributed by atoms with Crippen LogP contribution in [0, 0.1) is 11.3 Å². The minimum Gasteiger partial charge on any atom is -0.385 e. The van der Waals surface area contributed by atoms with Crippen molar-refractivity contribution < 1.29 is 9.53 Å². The summed E-state index contributed by atoms with van der Waals surface area (Å²) in [6.45, 7) is 2.51. The Balaban J connectivity index is 1.56. The number of ether oxygens (including phenoxy) is 1. The highest BCUT2D eigenvalue weighted by Crippen LogP contribution is 2.46. The maximum absolute atomic E-state index is 12.9. The van der Waals surface area contributed by atoms with E-state index in [0.29, 0.717) is 18.4 Å². The van der Waals surface area contributed by atoms with Gasteiger partial charge in [0.05, 0.1) is 11.6 Å². The number of aromatic nitrogens is 2. The first-order valence-corrected chi connectivity index (χ1v) is 8.39. The molecule has 2 fully saturated rings. The molecule has 0 aromatic carbocycles. The van der Waals surface area contributed by atoms with Gasteiger partial charge in [0.15, 0.2) is 0 Å². The highest BCUT2D eigenvalue weighted by molar-refractivity contribution is 5.83. The van der Waals surface area contributed by atoms with Crippen molar-refractivity contribution in [3.05, 3.63) is 18.0 Å². The molecule has 0 spiro atoms. The zero-order chi connectivity index (χ0) is 15.6. The number of rotatable bonds is 6. The molecule has 1 aliphatic heterocycles. The normalized spacial score (nSPS) is 23.5. The zero-order valence-electron chi connectivity index (χ0n) is 13.8. The van der Waals surface area contributed by atoms with Crippen LogP contribution in [0.5, 0.6) is 0 Å². The summed E-state index contributed by atoms with van der Waals surface area (Å²) < 4.78 is 7.06. The summed E-state index contributed by atoms with van der Waals surface area (Å²) in [5, 5.41) is 4.23. The Hall–Kier alpha value is -1.36. The van der Waals surface area contributed by atoms with E-state index in [1.54, 1.807) is 7.11 Å². The fourth-order valence-corrected chi connectivity index (χ4v) is 3.90. The van der Waals surface area contributed by atoms with E-state index in [9.17, 15) is 4.79 Å². The van der Waals surface area contributed by atoms with Gasteiger partial charge in [-0.1, -0.05) is 6.42 Å². The van der Waals surface area contributed by atoms with Gasteiger partial charge in [0.1, 0.15) is 0 Å². The second kappa shape index (κ2) is 6.41. The Morgan fingerprint density at radius 3 is 2.91 bits per heavy atom. The monoisotopic (exact) mass is 305 g/mol. The number of carbonyl (C=O) groups excluding carboxylic acids is 1. The van der Waals surface area contributed by atoms with Gasteiger partial charge in [-0.2, -0.15) is 5.10 Å². The lowest BCUT2D eigenvalue weighted by Crippen LogP contribution is -2.47. The van der Waals surface area contributed by atoms with E-state index in [4.69, 9.17) is 4.74 Å². The predicted octanol–water partition coefficient (Wildman–Crippen LogP) is 2.02. The van der Waals surface area contributed by atoms with Gasteiger partial charge in [0.2, 0.25) is 5.91 Å². The lowest BCUT2D eigenvalue weighted by atomic mass is 9.66. The van der Waals surface area contributed by atoms with E-state index < -0.39 is 0 Å². The van der Waals surface area contributed by atoms with Crippen molar-refractivity contribution in [1.29, 1.82) is 0 Å². The molecule has 1 amide bonds. The van der Waals surface area contributed by atoms with Gasteiger partial charge in [-0.05, 0) is 43.6 Å². The van der Waals surface area contributed by atoms with Crippen molar-refractivity contribution >= 4 is 5.91 Å². The molecule has 0 unspecified atom stereocenters. The van der Waals surface area contributed by atoms with Crippen LogP contribution < -0.4 is 0 Å². The minimum absolute atomic E-state index is 0.112. The Morgan fingerprint density at radius 2 is 2.32 bits per heavy atom. The van der Waals surface area contributed by atoms with Crippen molar-refractivity contribution in [1.82, 2.24) is 14.7 Å². The van der Waals surface area contributed by atoms with E-state index in [1.807, 2.05) is 17.9 Å². The van der Waals surface area contributed by atoms with Crippen molar-refractivity contribution in [3.8, 4) is 0 Å². The lowest BCUT2D eigenvalue weighted by Gasteiger charge is -2.42. The molecule has 0 radical (unpaired) electrons. The van der Waals surface area contributed by atoms with Crippen LogP contribution in [0.25, 0.3) is 0 Å². The van der Waals surface area contributed by atoms with Gasteiger partial charge >= 0.3 is 0 Å². The molecule has 1 saturated heterocycles. The van der Waals surface area contributed by atoms with Crippen LogP contribution in [0.3, 0.4) is 0 Å². The molecule has 2 aliphatic rings. The molecule has 1 saturated carbocycles. The first-order chi connectivity index (χ1) is 10.6. The third-order valence-electron chi connectivity index (χ3n) is 5.40. The maximum atomic E-state index is 12.9. The number of aryl methyl sites for hydroxylation is 1. The van der Waals surface area contributed by atoms with Crippen LogP contribution in [-0.2, 0) is 23.0 Å². The molecule has 1 aliphatic carbocycles. The highest BCUT2D eigenvalue weighted by Gasteiger charge is 2.46. The molecular weight excluding hydrogens is 278 g/mol. The maximum Gasteiger partial charge on any atom is 0.228 e. The molecule has 5 nitrogen and oxygen atoms in total. The number of hydrogen-bond acceptors (Lipinski definition) is 3.